The standard InChI is InChI=1S/C23H28N6OS/c1-17-15-18(2)29(26-17)21-9-10-22(25-24-21)31-16-23(30)28-13-11-27(12-14-28)19(3)20-7-5-4-6-8-20/h4-10,15,19H,11-14,16H2,1-3H3. The fourth-order valence-corrected chi connectivity index (χ4v) is 4.61. The maximum absolute atomic E-state index is 12.7. The number of hydrogen-bond acceptors (Lipinski definition) is 6. The van der Waals surface area contributed by atoms with E-state index in [1.54, 1.807) is 4.68 Å². The number of nitrogens with zero attached hydrogens (tertiary/aromatic N) is 6. The van der Waals surface area contributed by atoms with Crippen molar-refractivity contribution < 1.29 is 4.79 Å². The number of piperazine rings is 1. The average molecular weight is 437 g/mol. The lowest BCUT2D eigenvalue weighted by Crippen LogP contribution is -2.49. The summed E-state index contributed by atoms with van der Waals surface area (Å²) in [5.41, 5.74) is 3.28. The Balaban J connectivity index is 1.26. The van der Waals surface area contributed by atoms with Crippen LogP contribution in [0.15, 0.2) is 53.6 Å². The Labute approximate surface area is 187 Å². The molecule has 3 heterocycles. The largest absolute Gasteiger partial charge is 0.339 e. The topological polar surface area (TPSA) is 67.2 Å². The molecule has 1 aromatic carbocycles. The number of benzene rings is 1. The number of amides is 1. The number of hydrogen-bond donors (Lipinski definition) is 0. The molecule has 8 heteroatoms. The van der Waals surface area contributed by atoms with Gasteiger partial charge in [-0.25, -0.2) is 4.68 Å². The lowest BCUT2D eigenvalue weighted by molar-refractivity contribution is -0.130. The van der Waals surface area contributed by atoms with Crippen LogP contribution >= 0.6 is 11.8 Å². The van der Waals surface area contributed by atoms with E-state index in [4.69, 9.17) is 0 Å². The van der Waals surface area contributed by atoms with Gasteiger partial charge in [-0.3, -0.25) is 9.69 Å². The van der Waals surface area contributed by atoms with Crippen molar-refractivity contribution in [2.45, 2.75) is 31.8 Å². The van der Waals surface area contributed by atoms with Crippen LogP contribution in [0.5, 0.6) is 0 Å². The lowest BCUT2D eigenvalue weighted by atomic mass is 10.1. The van der Waals surface area contributed by atoms with Crippen LogP contribution in [-0.2, 0) is 4.79 Å². The van der Waals surface area contributed by atoms with Crippen molar-refractivity contribution in [2.24, 2.45) is 0 Å². The van der Waals surface area contributed by atoms with Crippen molar-refractivity contribution in [1.82, 2.24) is 29.8 Å². The molecule has 0 spiro atoms. The van der Waals surface area contributed by atoms with Crippen LogP contribution < -0.4 is 0 Å². The normalized spacial score (nSPS) is 15.8. The lowest BCUT2D eigenvalue weighted by Gasteiger charge is -2.38. The Hall–Kier alpha value is -2.71. The molecule has 162 valence electrons. The molecule has 0 saturated carbocycles. The van der Waals surface area contributed by atoms with Crippen molar-refractivity contribution in [3.05, 3.63) is 65.5 Å². The molecule has 1 amide bonds. The fourth-order valence-electron chi connectivity index (χ4n) is 3.89. The van der Waals surface area contributed by atoms with E-state index in [0.717, 1.165) is 42.6 Å². The maximum atomic E-state index is 12.7. The van der Waals surface area contributed by atoms with Gasteiger partial charge < -0.3 is 4.90 Å². The first-order valence-corrected chi connectivity index (χ1v) is 11.6. The Morgan fingerprint density at radius 1 is 1.03 bits per heavy atom. The monoisotopic (exact) mass is 436 g/mol. The highest BCUT2D eigenvalue weighted by atomic mass is 32.2. The quantitative estimate of drug-likeness (QED) is 0.553. The van der Waals surface area contributed by atoms with E-state index in [-0.39, 0.29) is 5.91 Å². The molecule has 0 N–H and O–H groups in total. The van der Waals surface area contributed by atoms with Gasteiger partial charge in [0, 0.05) is 37.9 Å². The highest BCUT2D eigenvalue weighted by Gasteiger charge is 2.24. The van der Waals surface area contributed by atoms with E-state index >= 15 is 0 Å². The van der Waals surface area contributed by atoms with Crippen molar-refractivity contribution in [2.75, 3.05) is 31.9 Å². The molecular weight excluding hydrogens is 408 g/mol. The summed E-state index contributed by atoms with van der Waals surface area (Å²) < 4.78 is 1.78. The Bertz CT molecular complexity index is 1010. The minimum Gasteiger partial charge on any atom is -0.339 e. The van der Waals surface area contributed by atoms with Gasteiger partial charge in [0.2, 0.25) is 5.91 Å². The van der Waals surface area contributed by atoms with Gasteiger partial charge in [0.05, 0.1) is 11.4 Å². The van der Waals surface area contributed by atoms with Gasteiger partial charge in [-0.15, -0.1) is 10.2 Å². The molecule has 3 aromatic rings. The van der Waals surface area contributed by atoms with Crippen LogP contribution in [0.3, 0.4) is 0 Å². The van der Waals surface area contributed by atoms with E-state index in [9.17, 15) is 4.79 Å². The summed E-state index contributed by atoms with van der Waals surface area (Å²) in [7, 11) is 0. The highest BCUT2D eigenvalue weighted by Crippen LogP contribution is 2.22. The number of aromatic nitrogens is 4. The smallest absolute Gasteiger partial charge is 0.233 e. The minimum absolute atomic E-state index is 0.154. The van der Waals surface area contributed by atoms with Gasteiger partial charge in [-0.2, -0.15) is 5.10 Å². The molecule has 1 fully saturated rings. The number of carbonyl (C=O) groups is 1. The zero-order valence-corrected chi connectivity index (χ0v) is 19.0. The van der Waals surface area contributed by atoms with Gasteiger partial charge in [0.25, 0.3) is 0 Å². The molecule has 1 atom stereocenters. The average Bonchev–Trinajstić information content (AvgIpc) is 3.15. The first kappa shape index (κ1) is 21.5. The molecular formula is C23H28N6OS. The van der Waals surface area contributed by atoms with Gasteiger partial charge in [0.15, 0.2) is 5.82 Å². The third kappa shape index (κ3) is 5.14. The van der Waals surface area contributed by atoms with E-state index in [1.807, 2.05) is 43.0 Å². The van der Waals surface area contributed by atoms with Gasteiger partial charge in [0.1, 0.15) is 5.03 Å². The van der Waals surface area contributed by atoms with Crippen molar-refractivity contribution in [3.8, 4) is 5.82 Å². The zero-order valence-electron chi connectivity index (χ0n) is 18.2. The summed E-state index contributed by atoms with van der Waals surface area (Å²) in [4.78, 5) is 17.1. The van der Waals surface area contributed by atoms with Gasteiger partial charge in [-0.05, 0) is 44.5 Å². The molecule has 4 rings (SSSR count). The van der Waals surface area contributed by atoms with Crippen LogP contribution in [0.4, 0.5) is 0 Å². The summed E-state index contributed by atoms with van der Waals surface area (Å²) in [6.07, 6.45) is 0. The van der Waals surface area contributed by atoms with Crippen molar-refractivity contribution in [3.63, 3.8) is 0 Å². The minimum atomic E-state index is 0.154. The molecule has 0 bridgehead atoms. The summed E-state index contributed by atoms with van der Waals surface area (Å²) in [5.74, 6) is 1.22. The summed E-state index contributed by atoms with van der Waals surface area (Å²) in [6.45, 7) is 9.49. The van der Waals surface area contributed by atoms with Crippen LogP contribution in [0.1, 0.15) is 29.9 Å². The predicted molar refractivity (Wildman–Crippen MR) is 122 cm³/mol. The van der Waals surface area contributed by atoms with Gasteiger partial charge in [-0.1, -0.05) is 42.1 Å². The molecule has 1 aliphatic heterocycles. The Morgan fingerprint density at radius 2 is 1.77 bits per heavy atom. The number of thioether (sulfide) groups is 1. The van der Waals surface area contributed by atoms with Crippen LogP contribution in [0.2, 0.25) is 0 Å². The third-order valence-corrected chi connectivity index (χ3v) is 6.60. The second-order valence-corrected chi connectivity index (χ2v) is 8.86. The van der Waals surface area contributed by atoms with E-state index < -0.39 is 0 Å². The van der Waals surface area contributed by atoms with Crippen LogP contribution in [0, 0.1) is 13.8 Å². The molecule has 1 unspecified atom stereocenters. The zero-order chi connectivity index (χ0) is 21.8. The molecule has 31 heavy (non-hydrogen) atoms. The SMILES string of the molecule is Cc1cc(C)n(-c2ccc(SCC(=O)N3CCN(C(C)c4ccccc4)CC3)nn2)n1. The summed E-state index contributed by atoms with van der Waals surface area (Å²) in [6, 6.07) is 16.7. The molecule has 0 radical (unpaired) electrons. The number of aryl methyl sites for hydroxylation is 2. The fraction of sp³-hybridized carbons (Fsp3) is 0.391. The third-order valence-electron chi connectivity index (χ3n) is 5.69. The molecule has 2 aromatic heterocycles. The van der Waals surface area contributed by atoms with Crippen LogP contribution in [-0.4, -0.2) is 67.6 Å². The number of rotatable bonds is 6. The van der Waals surface area contributed by atoms with Crippen molar-refractivity contribution in [1.29, 1.82) is 0 Å². The molecule has 7 nitrogen and oxygen atoms in total. The first-order valence-electron chi connectivity index (χ1n) is 10.6. The van der Waals surface area contributed by atoms with Crippen LogP contribution in [0.25, 0.3) is 5.82 Å². The van der Waals surface area contributed by atoms with Gasteiger partial charge >= 0.3 is 0 Å². The molecule has 1 aliphatic rings. The van der Waals surface area contributed by atoms with E-state index in [2.05, 4.69) is 51.4 Å². The first-order chi connectivity index (χ1) is 15.0. The molecule has 1 saturated heterocycles. The van der Waals surface area contributed by atoms with E-state index in [0.29, 0.717) is 17.6 Å². The summed E-state index contributed by atoms with van der Waals surface area (Å²) in [5, 5.41) is 13.7. The highest BCUT2D eigenvalue weighted by molar-refractivity contribution is 7.99. The van der Waals surface area contributed by atoms with Crippen molar-refractivity contribution >= 4 is 17.7 Å². The second-order valence-electron chi connectivity index (χ2n) is 7.86. The predicted octanol–water partition coefficient (Wildman–Crippen LogP) is 3.28. The second kappa shape index (κ2) is 9.62. The number of carbonyl (C=O) groups excluding carboxylic acids is 1. The summed E-state index contributed by atoms with van der Waals surface area (Å²) >= 11 is 1.43. The molecule has 0 aliphatic carbocycles. The Morgan fingerprint density at radius 3 is 2.39 bits per heavy atom. The van der Waals surface area contributed by atoms with E-state index in [1.165, 1.54) is 17.3 Å². The Kier molecular flexibility index (Phi) is 6.67. The maximum Gasteiger partial charge on any atom is 0.233 e.